The quantitative estimate of drug-likeness (QED) is 0.431. The Morgan fingerprint density at radius 2 is 1.97 bits per heavy atom. The summed E-state index contributed by atoms with van der Waals surface area (Å²) in [5.74, 6) is 1.10. The van der Waals surface area contributed by atoms with E-state index in [1.165, 1.54) is 11.9 Å². The van der Waals surface area contributed by atoms with Crippen LogP contribution in [0.1, 0.15) is 30.0 Å². The highest BCUT2D eigenvalue weighted by Gasteiger charge is 2.36. The lowest BCUT2D eigenvalue weighted by atomic mass is 10.1. The van der Waals surface area contributed by atoms with Gasteiger partial charge >= 0.3 is 6.03 Å². The summed E-state index contributed by atoms with van der Waals surface area (Å²) in [6.07, 6.45) is 6.12. The van der Waals surface area contributed by atoms with Gasteiger partial charge in [-0.25, -0.2) is 14.8 Å². The van der Waals surface area contributed by atoms with E-state index in [0.29, 0.717) is 34.6 Å². The summed E-state index contributed by atoms with van der Waals surface area (Å²) in [6.45, 7) is 0.160. The zero-order valence-electron chi connectivity index (χ0n) is 17.0. The first kappa shape index (κ1) is 19.6. The van der Waals surface area contributed by atoms with E-state index in [1.807, 2.05) is 22.9 Å². The number of rotatable bonds is 6. The molecular formula is C21H20ClN5O4. The van der Waals surface area contributed by atoms with Gasteiger partial charge in [0, 0.05) is 31.6 Å². The molecule has 0 atom stereocenters. The molecule has 1 aliphatic carbocycles. The van der Waals surface area contributed by atoms with E-state index in [-0.39, 0.29) is 30.2 Å². The molecule has 3 aromatic rings. The molecule has 0 bridgehead atoms. The fourth-order valence-electron chi connectivity index (χ4n) is 3.64. The van der Waals surface area contributed by atoms with Gasteiger partial charge in [0.2, 0.25) is 11.8 Å². The lowest BCUT2D eigenvalue weighted by Gasteiger charge is -2.17. The molecule has 160 valence electrons. The molecule has 3 aromatic heterocycles. The van der Waals surface area contributed by atoms with E-state index in [4.69, 9.17) is 21.1 Å². The molecule has 3 amide bonds. The zero-order valence-corrected chi connectivity index (χ0v) is 17.8. The predicted octanol–water partition coefficient (Wildman–Crippen LogP) is 3.25. The zero-order chi connectivity index (χ0) is 21.7. The van der Waals surface area contributed by atoms with Crippen molar-refractivity contribution in [2.24, 2.45) is 0 Å². The number of carbonyl (C=O) groups excluding carboxylic acids is 2. The fourth-order valence-corrected chi connectivity index (χ4v) is 3.83. The van der Waals surface area contributed by atoms with E-state index in [1.54, 1.807) is 19.2 Å². The summed E-state index contributed by atoms with van der Waals surface area (Å²) in [7, 11) is 3.03. The SMILES string of the molecule is COc1cc(Cl)nc(OCc2cn3cc(C4CC4)cc(N4CC(=O)N(C)C4=O)c3n2)c1. The smallest absolute Gasteiger partial charge is 0.331 e. The normalized spacial score (nSPS) is 16.5. The number of hydrogen-bond donors (Lipinski definition) is 0. The minimum absolute atomic E-state index is 0.00400. The van der Waals surface area contributed by atoms with E-state index < -0.39 is 0 Å². The number of imide groups is 1. The van der Waals surface area contributed by atoms with Crippen molar-refractivity contribution in [1.29, 1.82) is 0 Å². The van der Waals surface area contributed by atoms with E-state index in [9.17, 15) is 9.59 Å². The number of halogens is 1. The molecule has 10 heteroatoms. The Hall–Kier alpha value is -3.33. The number of urea groups is 1. The van der Waals surface area contributed by atoms with E-state index in [0.717, 1.165) is 23.3 Å². The largest absolute Gasteiger partial charge is 0.496 e. The van der Waals surface area contributed by atoms with Crippen molar-refractivity contribution in [2.45, 2.75) is 25.4 Å². The molecule has 9 nitrogen and oxygen atoms in total. The van der Waals surface area contributed by atoms with E-state index >= 15 is 0 Å². The standard InChI is InChI=1S/C21H20ClN5O4/c1-25-19(28)10-27(21(25)29)16-5-13(12-3-4-12)8-26-9-14(23-20(16)26)11-31-18-7-15(30-2)6-17(22)24-18/h5-9,12H,3-4,10-11H2,1-2H3. The molecule has 0 spiro atoms. The Kier molecular flexibility index (Phi) is 4.70. The number of nitrogens with zero attached hydrogens (tertiary/aromatic N) is 5. The van der Waals surface area contributed by atoms with Crippen molar-refractivity contribution in [3.8, 4) is 11.6 Å². The molecule has 0 unspecified atom stereocenters. The van der Waals surface area contributed by atoms with Crippen molar-refractivity contribution in [3.63, 3.8) is 0 Å². The number of hydrogen-bond acceptors (Lipinski definition) is 6. The van der Waals surface area contributed by atoms with Crippen molar-refractivity contribution in [2.75, 3.05) is 25.6 Å². The molecule has 0 radical (unpaired) electrons. The van der Waals surface area contributed by atoms with Crippen LogP contribution in [0.2, 0.25) is 5.15 Å². The molecule has 31 heavy (non-hydrogen) atoms. The molecule has 1 saturated heterocycles. The first-order valence-corrected chi connectivity index (χ1v) is 10.2. The Morgan fingerprint density at radius 3 is 2.65 bits per heavy atom. The molecular weight excluding hydrogens is 422 g/mol. The second kappa shape index (κ2) is 7.42. The van der Waals surface area contributed by atoms with Crippen molar-refractivity contribution in [3.05, 3.63) is 47.0 Å². The lowest BCUT2D eigenvalue weighted by Crippen LogP contribution is -2.30. The van der Waals surface area contributed by atoms with Crippen LogP contribution in [0.5, 0.6) is 11.6 Å². The Labute approximate surface area is 183 Å². The Balaban J connectivity index is 1.48. The minimum Gasteiger partial charge on any atom is -0.496 e. The highest BCUT2D eigenvalue weighted by atomic mass is 35.5. The number of pyridine rings is 2. The Morgan fingerprint density at radius 1 is 1.16 bits per heavy atom. The van der Waals surface area contributed by atoms with Crippen LogP contribution in [-0.2, 0) is 11.4 Å². The van der Waals surface area contributed by atoms with E-state index in [2.05, 4.69) is 9.97 Å². The summed E-state index contributed by atoms with van der Waals surface area (Å²) in [5.41, 5.74) is 3.00. The number of carbonyl (C=O) groups is 2. The maximum Gasteiger partial charge on any atom is 0.331 e. The van der Waals surface area contributed by atoms with Gasteiger partial charge in [-0.3, -0.25) is 14.6 Å². The van der Waals surface area contributed by atoms with Gasteiger partial charge in [0.1, 0.15) is 24.1 Å². The van der Waals surface area contributed by atoms with Gasteiger partial charge in [0.05, 0.1) is 18.5 Å². The number of methoxy groups -OCH3 is 1. The number of ether oxygens (including phenoxy) is 2. The van der Waals surface area contributed by atoms with Crippen LogP contribution in [-0.4, -0.2) is 51.9 Å². The highest BCUT2D eigenvalue weighted by Crippen LogP contribution is 2.42. The molecule has 0 N–H and O–H groups in total. The first-order valence-electron chi connectivity index (χ1n) is 9.87. The van der Waals surface area contributed by atoms with Gasteiger partial charge in [-0.15, -0.1) is 0 Å². The van der Waals surface area contributed by atoms with Crippen LogP contribution in [0.15, 0.2) is 30.6 Å². The van der Waals surface area contributed by atoms with Crippen LogP contribution >= 0.6 is 11.6 Å². The number of fused-ring (bicyclic) bond motifs is 1. The monoisotopic (exact) mass is 441 g/mol. The maximum absolute atomic E-state index is 12.6. The van der Waals surface area contributed by atoms with Gasteiger partial charge in [-0.1, -0.05) is 11.6 Å². The van der Waals surface area contributed by atoms with Gasteiger partial charge in [-0.05, 0) is 30.4 Å². The van der Waals surface area contributed by atoms with Crippen LogP contribution < -0.4 is 14.4 Å². The molecule has 2 aliphatic rings. The number of likely N-dealkylation sites (N-methyl/N-ethyl adjacent to an activating group) is 1. The van der Waals surface area contributed by atoms with Crippen LogP contribution in [0, 0.1) is 0 Å². The minimum atomic E-state index is -0.351. The summed E-state index contributed by atoms with van der Waals surface area (Å²) in [6, 6.07) is 4.85. The molecule has 2 fully saturated rings. The summed E-state index contributed by atoms with van der Waals surface area (Å²) < 4.78 is 12.8. The van der Waals surface area contributed by atoms with Crippen molar-refractivity contribution < 1.29 is 19.1 Å². The number of amides is 3. The molecule has 5 rings (SSSR count). The van der Waals surface area contributed by atoms with Gasteiger partial charge in [-0.2, -0.15) is 0 Å². The average molecular weight is 442 g/mol. The van der Waals surface area contributed by atoms with Gasteiger partial charge in [0.15, 0.2) is 5.65 Å². The topological polar surface area (TPSA) is 89.3 Å². The molecule has 4 heterocycles. The summed E-state index contributed by atoms with van der Waals surface area (Å²) in [5, 5.41) is 0.266. The predicted molar refractivity (Wildman–Crippen MR) is 113 cm³/mol. The number of anilines is 1. The second-order valence-electron chi connectivity index (χ2n) is 7.67. The van der Waals surface area contributed by atoms with Gasteiger partial charge in [0.25, 0.3) is 0 Å². The molecule has 1 aliphatic heterocycles. The van der Waals surface area contributed by atoms with Crippen LogP contribution in [0.25, 0.3) is 5.65 Å². The second-order valence-corrected chi connectivity index (χ2v) is 8.06. The summed E-state index contributed by atoms with van der Waals surface area (Å²) >= 11 is 6.00. The van der Waals surface area contributed by atoms with Crippen molar-refractivity contribution in [1.82, 2.24) is 19.3 Å². The van der Waals surface area contributed by atoms with Crippen molar-refractivity contribution >= 4 is 34.9 Å². The fraction of sp³-hybridized carbons (Fsp3) is 0.333. The summed E-state index contributed by atoms with van der Waals surface area (Å²) in [4.78, 5) is 36.1. The highest BCUT2D eigenvalue weighted by molar-refractivity contribution is 6.29. The third kappa shape index (κ3) is 3.65. The molecule has 1 saturated carbocycles. The molecule has 0 aromatic carbocycles. The maximum atomic E-state index is 12.6. The third-order valence-corrected chi connectivity index (χ3v) is 5.67. The lowest BCUT2D eigenvalue weighted by molar-refractivity contribution is -0.123. The third-order valence-electron chi connectivity index (χ3n) is 5.48. The van der Waals surface area contributed by atoms with Crippen LogP contribution in [0.4, 0.5) is 10.5 Å². The van der Waals surface area contributed by atoms with Gasteiger partial charge < -0.3 is 13.9 Å². The average Bonchev–Trinajstić information content (AvgIpc) is 3.47. The number of imidazole rings is 1. The number of aromatic nitrogens is 3. The first-order chi connectivity index (χ1) is 14.9. The van der Waals surface area contributed by atoms with Crippen LogP contribution in [0.3, 0.4) is 0 Å². The Bertz CT molecular complexity index is 1210.